The van der Waals surface area contributed by atoms with E-state index in [-0.39, 0.29) is 32.2 Å². The van der Waals surface area contributed by atoms with Gasteiger partial charge in [-0.25, -0.2) is 4.79 Å². The first-order chi connectivity index (χ1) is 38.6. The van der Waals surface area contributed by atoms with Crippen LogP contribution >= 0.6 is 0 Å². The van der Waals surface area contributed by atoms with E-state index in [4.69, 9.17) is 18.9 Å². The Morgan fingerprint density at radius 2 is 0.684 bits per heavy atom. The lowest BCUT2D eigenvalue weighted by molar-refractivity contribution is -0.870. The van der Waals surface area contributed by atoms with E-state index in [9.17, 15) is 19.5 Å². The highest BCUT2D eigenvalue weighted by Crippen LogP contribution is 2.16. The number of rotatable bonds is 58. The summed E-state index contributed by atoms with van der Waals surface area (Å²) in [5.41, 5.74) is 0. The van der Waals surface area contributed by atoms with Crippen molar-refractivity contribution in [3.8, 4) is 0 Å². The van der Waals surface area contributed by atoms with Crippen LogP contribution in [0.15, 0.2) is 109 Å². The third-order valence-corrected chi connectivity index (χ3v) is 13.5. The molecular weight excluding hydrogens is 983 g/mol. The van der Waals surface area contributed by atoms with Crippen LogP contribution in [0.25, 0.3) is 0 Å². The van der Waals surface area contributed by atoms with Gasteiger partial charge in [-0.1, -0.05) is 258 Å². The summed E-state index contributed by atoms with van der Waals surface area (Å²) in [5.74, 6) is -2.01. The topological polar surface area (TPSA) is 108 Å². The van der Waals surface area contributed by atoms with E-state index in [2.05, 4.69) is 123 Å². The molecule has 0 aromatic rings. The van der Waals surface area contributed by atoms with Crippen LogP contribution in [0.1, 0.15) is 258 Å². The number of nitrogens with zero attached hydrogens (tertiary/aromatic N) is 1. The molecule has 0 aliphatic rings. The molecule has 0 heterocycles. The maximum atomic E-state index is 12.9. The minimum absolute atomic E-state index is 0.182. The fourth-order valence-electron chi connectivity index (χ4n) is 8.68. The molecule has 0 radical (unpaired) electrons. The number of likely N-dealkylation sites (N-methyl/N-ethyl adjacent to an activating group) is 1. The molecule has 0 spiro atoms. The zero-order valence-electron chi connectivity index (χ0n) is 51.5. The quantitative estimate of drug-likeness (QED) is 0.0211. The molecule has 0 saturated carbocycles. The van der Waals surface area contributed by atoms with Gasteiger partial charge in [0.2, 0.25) is 0 Å². The predicted molar refractivity (Wildman–Crippen MR) is 336 cm³/mol. The van der Waals surface area contributed by atoms with Crippen molar-refractivity contribution < 1.29 is 42.9 Å². The zero-order chi connectivity index (χ0) is 57.6. The van der Waals surface area contributed by atoms with E-state index in [1.165, 1.54) is 122 Å². The van der Waals surface area contributed by atoms with Gasteiger partial charge in [0.1, 0.15) is 13.2 Å². The van der Waals surface area contributed by atoms with E-state index < -0.39 is 24.3 Å². The van der Waals surface area contributed by atoms with E-state index >= 15 is 0 Å². The molecule has 0 aliphatic heterocycles. The summed E-state index contributed by atoms with van der Waals surface area (Å²) in [6.45, 7) is 4.66. The van der Waals surface area contributed by atoms with Crippen LogP contribution in [0.5, 0.6) is 0 Å². The molecule has 2 atom stereocenters. The highest BCUT2D eigenvalue weighted by Gasteiger charge is 2.25. The summed E-state index contributed by atoms with van der Waals surface area (Å²) >= 11 is 0. The average Bonchev–Trinajstić information content (AvgIpc) is 3.42. The second kappa shape index (κ2) is 60.1. The maximum Gasteiger partial charge on any atom is 0.361 e. The molecule has 0 aromatic heterocycles. The molecule has 1 N–H and O–H groups in total. The van der Waals surface area contributed by atoms with Gasteiger partial charge in [0, 0.05) is 12.8 Å². The molecule has 0 fully saturated rings. The smallest absolute Gasteiger partial charge is 0.361 e. The third kappa shape index (κ3) is 61.4. The van der Waals surface area contributed by atoms with Crippen LogP contribution < -0.4 is 0 Å². The van der Waals surface area contributed by atoms with Crippen LogP contribution in [0.3, 0.4) is 0 Å². The minimum atomic E-state index is -1.52. The van der Waals surface area contributed by atoms with E-state index in [0.29, 0.717) is 23.9 Å². The Labute approximate surface area is 485 Å². The van der Waals surface area contributed by atoms with Gasteiger partial charge in [0.15, 0.2) is 6.10 Å². The van der Waals surface area contributed by atoms with Gasteiger partial charge < -0.3 is 28.5 Å². The third-order valence-electron chi connectivity index (χ3n) is 13.5. The zero-order valence-corrected chi connectivity index (χ0v) is 51.5. The number of quaternary nitrogens is 1. The van der Waals surface area contributed by atoms with E-state index in [0.717, 1.165) is 103 Å². The molecule has 2 unspecified atom stereocenters. The first kappa shape index (κ1) is 75.0. The number of carboxylic acid groups (broad SMARTS) is 1. The molecule has 0 saturated heterocycles. The van der Waals surface area contributed by atoms with Crippen molar-refractivity contribution in [1.29, 1.82) is 0 Å². The lowest BCUT2D eigenvalue weighted by atomic mass is 10.0. The Bertz CT molecular complexity index is 1660. The average molecular weight is 1100 g/mol. The summed E-state index contributed by atoms with van der Waals surface area (Å²) < 4.78 is 22.9. The van der Waals surface area contributed by atoms with Gasteiger partial charge >= 0.3 is 17.9 Å². The fourth-order valence-corrected chi connectivity index (χ4v) is 8.68. The van der Waals surface area contributed by atoms with E-state index in [1.54, 1.807) is 0 Å². The number of hydrogen-bond donors (Lipinski definition) is 1. The van der Waals surface area contributed by atoms with Crippen LogP contribution in [0, 0.1) is 0 Å². The van der Waals surface area contributed by atoms with Crippen LogP contribution in [-0.4, -0.2) is 87.4 Å². The fraction of sp³-hybridized carbons (Fsp3) is 0.700. The molecule has 0 amide bonds. The predicted octanol–water partition coefficient (Wildman–Crippen LogP) is 19.5. The number of allylic oxidation sites excluding steroid dienone is 18. The standard InChI is InChI=1S/C70H119NO8/c1-6-8-10-12-14-16-18-20-22-24-26-28-30-32-33-34-35-37-38-40-42-44-46-48-50-52-54-56-58-60-67(72)77-64-66(65-78-70(69(74)75)76-63-62-71(3,4)5)79-68(73)61-59-57-55-53-51-49-47-45-43-41-39-36-31-29-27-25-23-21-19-17-15-13-11-9-7-2/h8-11,14-17,20-23,26-29,36,39,66,70H,6-7,12-13,18-19,24-25,30-35,37-38,40-65H2,1-5H3/p+1/b10-8-,11-9-,16-14-,17-15-,22-20-,23-21-,28-26-,29-27-,39-36-. The van der Waals surface area contributed by atoms with Crippen molar-refractivity contribution >= 4 is 17.9 Å². The number of esters is 2. The Morgan fingerprint density at radius 3 is 1.01 bits per heavy atom. The van der Waals surface area contributed by atoms with Crippen molar-refractivity contribution in [3.05, 3.63) is 109 Å². The SMILES string of the molecule is CC/C=C\C/C=C\C/C=C\C/C=C\C/C=C\CCCCCCCCCCCC(=O)OC(COC(=O)CCCCCCCCCCCCCCCCCC/C=C\C/C=C\C/C=C\C/C=C\CC)COC(OCC[N+](C)(C)C)C(=O)O. The second-order valence-corrected chi connectivity index (χ2v) is 22.3. The lowest BCUT2D eigenvalue weighted by Gasteiger charge is -2.25. The molecule has 0 bridgehead atoms. The maximum absolute atomic E-state index is 12.9. The second-order valence-electron chi connectivity index (χ2n) is 22.3. The molecule has 0 aliphatic carbocycles. The first-order valence-corrected chi connectivity index (χ1v) is 32.1. The first-order valence-electron chi connectivity index (χ1n) is 32.1. The Kier molecular flexibility index (Phi) is 57.0. The minimum Gasteiger partial charge on any atom is -0.477 e. The number of hydrogen-bond acceptors (Lipinski definition) is 7. The number of carbonyl (C=O) groups excluding carboxylic acids is 2. The normalized spacial score (nSPS) is 13.5. The summed E-state index contributed by atoms with van der Waals surface area (Å²) in [6.07, 6.45) is 80.3. The Morgan fingerprint density at radius 1 is 0.380 bits per heavy atom. The number of aliphatic carboxylic acids is 1. The van der Waals surface area contributed by atoms with Crippen molar-refractivity contribution in [2.24, 2.45) is 0 Å². The molecule has 9 heteroatoms. The van der Waals surface area contributed by atoms with Gasteiger partial charge in [0.25, 0.3) is 6.29 Å². The largest absolute Gasteiger partial charge is 0.477 e. The Balaban J connectivity index is 4.18. The molecule has 452 valence electrons. The summed E-state index contributed by atoms with van der Waals surface area (Å²) in [4.78, 5) is 37.6. The van der Waals surface area contributed by atoms with E-state index in [1.807, 2.05) is 21.1 Å². The van der Waals surface area contributed by atoms with Gasteiger partial charge in [0.05, 0.1) is 34.4 Å². The number of carboxylic acids is 1. The summed E-state index contributed by atoms with van der Waals surface area (Å²) in [5, 5.41) is 9.73. The highest BCUT2D eigenvalue weighted by atomic mass is 16.7. The number of ether oxygens (including phenoxy) is 4. The van der Waals surface area contributed by atoms with Gasteiger partial charge in [-0.05, 0) is 96.3 Å². The lowest BCUT2D eigenvalue weighted by Crippen LogP contribution is -2.40. The van der Waals surface area contributed by atoms with Crippen molar-refractivity contribution in [1.82, 2.24) is 0 Å². The van der Waals surface area contributed by atoms with Crippen LogP contribution in [0.4, 0.5) is 0 Å². The number of unbranched alkanes of at least 4 members (excludes halogenated alkanes) is 25. The van der Waals surface area contributed by atoms with Gasteiger partial charge in [-0.15, -0.1) is 0 Å². The van der Waals surface area contributed by atoms with Crippen molar-refractivity contribution in [2.75, 3.05) is 47.5 Å². The number of carbonyl (C=O) groups is 3. The summed E-state index contributed by atoms with van der Waals surface area (Å²) in [7, 11) is 5.97. The van der Waals surface area contributed by atoms with Gasteiger partial charge in [-0.2, -0.15) is 0 Å². The molecule has 9 nitrogen and oxygen atoms in total. The molecule has 0 aromatic carbocycles. The van der Waals surface area contributed by atoms with Crippen molar-refractivity contribution in [3.63, 3.8) is 0 Å². The molecular formula is C70H120NO8+. The Hall–Kier alpha value is -4.05. The summed E-state index contributed by atoms with van der Waals surface area (Å²) in [6, 6.07) is 0. The van der Waals surface area contributed by atoms with Gasteiger partial charge in [-0.3, -0.25) is 9.59 Å². The molecule has 0 rings (SSSR count). The van der Waals surface area contributed by atoms with Crippen molar-refractivity contribution in [2.45, 2.75) is 270 Å². The van der Waals surface area contributed by atoms with Crippen LogP contribution in [0.2, 0.25) is 0 Å². The molecule has 79 heavy (non-hydrogen) atoms. The van der Waals surface area contributed by atoms with Crippen LogP contribution in [-0.2, 0) is 33.3 Å². The highest BCUT2D eigenvalue weighted by molar-refractivity contribution is 5.71. The monoisotopic (exact) mass is 1100 g/mol.